The molecule has 0 bridgehead atoms. The number of benzene rings is 1. The molecule has 1 fully saturated rings. The number of methoxy groups -OCH3 is 2. The molecular formula is C13H14O2. The second-order valence-electron chi connectivity index (χ2n) is 3.77. The molecule has 0 aliphatic heterocycles. The van der Waals surface area contributed by atoms with Gasteiger partial charge in [0.2, 0.25) is 0 Å². The van der Waals surface area contributed by atoms with E-state index in [-0.39, 0.29) is 5.41 Å². The Morgan fingerprint density at radius 3 is 2.47 bits per heavy atom. The summed E-state index contributed by atoms with van der Waals surface area (Å²) in [6.07, 6.45) is 7.64. The third-order valence-corrected chi connectivity index (χ3v) is 2.94. The molecule has 0 saturated heterocycles. The molecule has 1 aromatic carbocycles. The largest absolute Gasteiger partial charge is 0.493 e. The number of rotatable bonds is 3. The molecule has 0 amide bonds. The highest BCUT2D eigenvalue weighted by atomic mass is 16.5. The molecule has 0 spiro atoms. The minimum absolute atomic E-state index is 0.111. The summed E-state index contributed by atoms with van der Waals surface area (Å²) in [5.74, 6) is 4.38. The lowest BCUT2D eigenvalue weighted by atomic mass is 9.95. The minimum atomic E-state index is -0.111. The van der Waals surface area contributed by atoms with Crippen LogP contribution >= 0.6 is 0 Å². The van der Waals surface area contributed by atoms with Gasteiger partial charge >= 0.3 is 0 Å². The van der Waals surface area contributed by atoms with Crippen LogP contribution in [0.1, 0.15) is 18.4 Å². The van der Waals surface area contributed by atoms with Crippen LogP contribution in [0, 0.1) is 12.3 Å². The lowest BCUT2D eigenvalue weighted by Crippen LogP contribution is -2.06. The second kappa shape index (κ2) is 3.51. The molecule has 15 heavy (non-hydrogen) atoms. The van der Waals surface area contributed by atoms with E-state index < -0.39 is 0 Å². The van der Waals surface area contributed by atoms with Crippen molar-refractivity contribution in [3.63, 3.8) is 0 Å². The lowest BCUT2D eigenvalue weighted by molar-refractivity contribution is 0.350. The number of hydrogen-bond acceptors (Lipinski definition) is 2. The third-order valence-electron chi connectivity index (χ3n) is 2.94. The fraction of sp³-hybridized carbons (Fsp3) is 0.385. The van der Waals surface area contributed by atoms with Gasteiger partial charge < -0.3 is 9.47 Å². The van der Waals surface area contributed by atoms with Gasteiger partial charge in [0.15, 0.2) is 11.5 Å². The van der Waals surface area contributed by atoms with E-state index in [0.717, 1.165) is 29.9 Å². The van der Waals surface area contributed by atoms with Gasteiger partial charge in [0, 0.05) is 5.56 Å². The number of hydrogen-bond donors (Lipinski definition) is 0. The summed E-state index contributed by atoms with van der Waals surface area (Å²) < 4.78 is 10.6. The van der Waals surface area contributed by atoms with Gasteiger partial charge in [-0.25, -0.2) is 0 Å². The Bertz CT molecular complexity index is 411. The Kier molecular flexibility index (Phi) is 2.32. The molecule has 1 aromatic rings. The first kappa shape index (κ1) is 9.92. The predicted octanol–water partition coefficient (Wildman–Crippen LogP) is 2.37. The first-order valence-corrected chi connectivity index (χ1v) is 4.96. The standard InChI is InChI=1S/C13H14O2/c1-4-13(8-9-13)10-6-5-7-11(14-2)12(10)15-3/h1,5-7H,8-9H2,2-3H3. The molecular weight excluding hydrogens is 188 g/mol. The normalized spacial score (nSPS) is 16.6. The summed E-state index contributed by atoms with van der Waals surface area (Å²) >= 11 is 0. The minimum Gasteiger partial charge on any atom is -0.493 e. The Balaban J connectivity index is 2.53. The average molecular weight is 202 g/mol. The molecule has 0 atom stereocenters. The Labute approximate surface area is 90.2 Å². The Morgan fingerprint density at radius 1 is 1.27 bits per heavy atom. The molecule has 78 valence electrons. The first-order valence-electron chi connectivity index (χ1n) is 4.96. The fourth-order valence-corrected chi connectivity index (χ4v) is 1.88. The quantitative estimate of drug-likeness (QED) is 0.700. The molecule has 0 radical (unpaired) electrons. The third kappa shape index (κ3) is 1.45. The summed E-state index contributed by atoms with van der Waals surface area (Å²) in [7, 11) is 3.28. The highest BCUT2D eigenvalue weighted by Crippen LogP contribution is 2.52. The van der Waals surface area contributed by atoms with Crippen molar-refractivity contribution in [3.8, 4) is 23.8 Å². The van der Waals surface area contributed by atoms with Crippen molar-refractivity contribution >= 4 is 0 Å². The van der Waals surface area contributed by atoms with Crippen LogP contribution in [0.2, 0.25) is 0 Å². The van der Waals surface area contributed by atoms with Crippen LogP contribution in [0.4, 0.5) is 0 Å². The van der Waals surface area contributed by atoms with Gasteiger partial charge in [-0.05, 0) is 18.9 Å². The molecule has 0 N–H and O–H groups in total. The highest BCUT2D eigenvalue weighted by Gasteiger charge is 2.45. The average Bonchev–Trinajstić information content (AvgIpc) is 3.08. The zero-order chi connectivity index (χ0) is 10.9. The maximum Gasteiger partial charge on any atom is 0.165 e. The van der Waals surface area contributed by atoms with Gasteiger partial charge in [-0.2, -0.15) is 0 Å². The van der Waals surface area contributed by atoms with E-state index in [0.29, 0.717) is 0 Å². The fourth-order valence-electron chi connectivity index (χ4n) is 1.88. The topological polar surface area (TPSA) is 18.5 Å². The van der Waals surface area contributed by atoms with Crippen molar-refractivity contribution in [2.45, 2.75) is 18.3 Å². The number of terminal acetylenes is 1. The molecule has 0 aromatic heterocycles. The molecule has 1 aliphatic rings. The zero-order valence-electron chi connectivity index (χ0n) is 9.04. The van der Waals surface area contributed by atoms with Crippen molar-refractivity contribution in [2.75, 3.05) is 14.2 Å². The summed E-state index contributed by atoms with van der Waals surface area (Å²) in [5, 5.41) is 0. The molecule has 0 heterocycles. The molecule has 2 heteroatoms. The van der Waals surface area contributed by atoms with Gasteiger partial charge in [-0.3, -0.25) is 0 Å². The van der Waals surface area contributed by atoms with Gasteiger partial charge in [0.05, 0.1) is 19.6 Å². The summed E-state index contributed by atoms with van der Waals surface area (Å²) in [4.78, 5) is 0. The van der Waals surface area contributed by atoms with E-state index in [4.69, 9.17) is 15.9 Å². The molecule has 1 saturated carbocycles. The van der Waals surface area contributed by atoms with E-state index >= 15 is 0 Å². The number of ether oxygens (including phenoxy) is 2. The van der Waals surface area contributed by atoms with E-state index in [1.807, 2.05) is 18.2 Å². The van der Waals surface area contributed by atoms with Crippen LogP contribution in [0.5, 0.6) is 11.5 Å². The highest BCUT2D eigenvalue weighted by molar-refractivity contribution is 5.55. The lowest BCUT2D eigenvalue weighted by Gasteiger charge is -2.16. The van der Waals surface area contributed by atoms with E-state index in [1.54, 1.807) is 14.2 Å². The van der Waals surface area contributed by atoms with Gasteiger partial charge in [0.25, 0.3) is 0 Å². The van der Waals surface area contributed by atoms with Crippen molar-refractivity contribution < 1.29 is 9.47 Å². The van der Waals surface area contributed by atoms with Gasteiger partial charge in [-0.15, -0.1) is 6.42 Å². The number of para-hydroxylation sites is 1. The van der Waals surface area contributed by atoms with Gasteiger partial charge in [0.1, 0.15) is 0 Å². The molecule has 2 rings (SSSR count). The SMILES string of the molecule is C#CC1(c2cccc(OC)c2OC)CC1. The summed E-state index contributed by atoms with van der Waals surface area (Å²) in [5.41, 5.74) is 0.965. The van der Waals surface area contributed by atoms with E-state index in [9.17, 15) is 0 Å². The van der Waals surface area contributed by atoms with Gasteiger partial charge in [-0.1, -0.05) is 18.1 Å². The van der Waals surface area contributed by atoms with Crippen molar-refractivity contribution in [1.82, 2.24) is 0 Å². The second-order valence-corrected chi connectivity index (χ2v) is 3.77. The van der Waals surface area contributed by atoms with Crippen LogP contribution in [0.3, 0.4) is 0 Å². The summed E-state index contributed by atoms with van der Waals surface area (Å²) in [6, 6.07) is 5.86. The Morgan fingerprint density at radius 2 is 2.00 bits per heavy atom. The van der Waals surface area contributed by atoms with Crippen molar-refractivity contribution in [2.24, 2.45) is 0 Å². The Hall–Kier alpha value is -1.62. The smallest absolute Gasteiger partial charge is 0.165 e. The first-order chi connectivity index (χ1) is 7.27. The van der Waals surface area contributed by atoms with Crippen LogP contribution in [0.25, 0.3) is 0 Å². The van der Waals surface area contributed by atoms with E-state index in [2.05, 4.69) is 5.92 Å². The predicted molar refractivity (Wildman–Crippen MR) is 59.3 cm³/mol. The van der Waals surface area contributed by atoms with Crippen LogP contribution in [-0.2, 0) is 5.41 Å². The van der Waals surface area contributed by atoms with Crippen LogP contribution < -0.4 is 9.47 Å². The molecule has 2 nitrogen and oxygen atoms in total. The zero-order valence-corrected chi connectivity index (χ0v) is 9.04. The van der Waals surface area contributed by atoms with E-state index in [1.165, 1.54) is 0 Å². The van der Waals surface area contributed by atoms with Crippen molar-refractivity contribution in [1.29, 1.82) is 0 Å². The van der Waals surface area contributed by atoms with Crippen LogP contribution in [0.15, 0.2) is 18.2 Å². The maximum absolute atomic E-state index is 5.57. The molecule has 0 unspecified atom stereocenters. The molecule has 1 aliphatic carbocycles. The van der Waals surface area contributed by atoms with Crippen LogP contribution in [-0.4, -0.2) is 14.2 Å². The monoisotopic (exact) mass is 202 g/mol. The summed E-state index contributed by atoms with van der Waals surface area (Å²) in [6.45, 7) is 0. The van der Waals surface area contributed by atoms with Crippen molar-refractivity contribution in [3.05, 3.63) is 23.8 Å². The maximum atomic E-state index is 5.57.